The zero-order valence-corrected chi connectivity index (χ0v) is 13.3. The van der Waals surface area contributed by atoms with Crippen LogP contribution in [0.5, 0.6) is 0 Å². The third kappa shape index (κ3) is 3.65. The van der Waals surface area contributed by atoms with Crippen LogP contribution >= 0.6 is 0 Å². The molecular formula is C19H21N3. The minimum Gasteiger partial charge on any atom is -0.341 e. The standard InChI is InChI=1S/C19H21N3/c1-15-10-16(2)12-17(11-15)6-7-18-13-20-19(21-14-18)22-8-4-3-5-9-22/h10-14H,3-5,8-9H2,1-2H3. The van der Waals surface area contributed by atoms with E-state index in [1.54, 1.807) is 0 Å². The SMILES string of the molecule is Cc1cc(C)cc(C#Cc2cnc(N3CCCCC3)nc2)c1. The number of piperidine rings is 1. The molecule has 0 aliphatic carbocycles. The van der Waals surface area contributed by atoms with Gasteiger partial charge in [0.1, 0.15) is 0 Å². The number of rotatable bonds is 1. The lowest BCUT2D eigenvalue weighted by atomic mass is 10.1. The van der Waals surface area contributed by atoms with Crippen molar-refractivity contribution >= 4 is 5.95 Å². The smallest absolute Gasteiger partial charge is 0.225 e. The van der Waals surface area contributed by atoms with Crippen molar-refractivity contribution in [1.82, 2.24) is 9.97 Å². The first-order valence-corrected chi connectivity index (χ1v) is 7.88. The molecule has 0 radical (unpaired) electrons. The van der Waals surface area contributed by atoms with Crippen molar-refractivity contribution in [3.05, 3.63) is 52.8 Å². The lowest BCUT2D eigenvalue weighted by molar-refractivity contribution is 0.568. The summed E-state index contributed by atoms with van der Waals surface area (Å²) >= 11 is 0. The predicted molar refractivity (Wildman–Crippen MR) is 90.0 cm³/mol. The van der Waals surface area contributed by atoms with Crippen molar-refractivity contribution in [2.45, 2.75) is 33.1 Å². The van der Waals surface area contributed by atoms with Gasteiger partial charge in [-0.25, -0.2) is 9.97 Å². The van der Waals surface area contributed by atoms with Crippen LogP contribution in [0.2, 0.25) is 0 Å². The molecule has 1 aromatic carbocycles. The molecule has 112 valence electrons. The summed E-state index contributed by atoms with van der Waals surface area (Å²) in [7, 11) is 0. The van der Waals surface area contributed by atoms with Gasteiger partial charge in [0, 0.05) is 31.0 Å². The molecule has 0 N–H and O–H groups in total. The number of anilines is 1. The lowest BCUT2D eigenvalue weighted by Gasteiger charge is -2.26. The summed E-state index contributed by atoms with van der Waals surface area (Å²) in [6.45, 7) is 6.31. The van der Waals surface area contributed by atoms with Crippen molar-refractivity contribution in [3.8, 4) is 11.8 Å². The van der Waals surface area contributed by atoms with Crippen LogP contribution < -0.4 is 4.90 Å². The normalized spacial score (nSPS) is 14.4. The molecule has 0 unspecified atom stereocenters. The largest absolute Gasteiger partial charge is 0.341 e. The Bertz CT molecular complexity index is 681. The van der Waals surface area contributed by atoms with Crippen molar-refractivity contribution in [1.29, 1.82) is 0 Å². The Morgan fingerprint density at radius 3 is 2.05 bits per heavy atom. The molecular weight excluding hydrogens is 270 g/mol. The number of aromatic nitrogens is 2. The van der Waals surface area contributed by atoms with E-state index < -0.39 is 0 Å². The number of hydrogen-bond donors (Lipinski definition) is 0. The zero-order chi connectivity index (χ0) is 15.4. The second-order valence-electron chi connectivity index (χ2n) is 5.95. The van der Waals surface area contributed by atoms with Crippen LogP contribution in [0.1, 0.15) is 41.5 Å². The molecule has 1 saturated heterocycles. The zero-order valence-electron chi connectivity index (χ0n) is 13.3. The lowest BCUT2D eigenvalue weighted by Crippen LogP contribution is -2.30. The molecule has 0 spiro atoms. The van der Waals surface area contributed by atoms with Gasteiger partial charge in [0.15, 0.2) is 0 Å². The van der Waals surface area contributed by atoms with Gasteiger partial charge < -0.3 is 4.90 Å². The summed E-state index contributed by atoms with van der Waals surface area (Å²) in [6.07, 6.45) is 7.43. The van der Waals surface area contributed by atoms with Gasteiger partial charge in [-0.1, -0.05) is 17.9 Å². The van der Waals surface area contributed by atoms with Gasteiger partial charge in [-0.15, -0.1) is 0 Å². The molecule has 1 aromatic heterocycles. The Kier molecular flexibility index (Phi) is 4.39. The molecule has 2 aromatic rings. The second kappa shape index (κ2) is 6.62. The van der Waals surface area contributed by atoms with E-state index in [0.717, 1.165) is 30.2 Å². The topological polar surface area (TPSA) is 29.0 Å². The van der Waals surface area contributed by atoms with E-state index in [9.17, 15) is 0 Å². The first-order chi connectivity index (χ1) is 10.7. The van der Waals surface area contributed by atoms with Gasteiger partial charge in [0.05, 0.1) is 5.56 Å². The highest BCUT2D eigenvalue weighted by atomic mass is 15.2. The Morgan fingerprint density at radius 1 is 0.818 bits per heavy atom. The third-order valence-corrected chi connectivity index (χ3v) is 3.85. The van der Waals surface area contributed by atoms with E-state index >= 15 is 0 Å². The van der Waals surface area contributed by atoms with Gasteiger partial charge in [0.25, 0.3) is 0 Å². The van der Waals surface area contributed by atoms with Gasteiger partial charge in [-0.2, -0.15) is 0 Å². The third-order valence-electron chi connectivity index (χ3n) is 3.85. The molecule has 0 atom stereocenters. The van der Waals surface area contributed by atoms with Crippen molar-refractivity contribution in [2.75, 3.05) is 18.0 Å². The van der Waals surface area contributed by atoms with Crippen LogP contribution in [0.3, 0.4) is 0 Å². The van der Waals surface area contributed by atoms with Crippen LogP contribution in [0.15, 0.2) is 30.6 Å². The minimum atomic E-state index is 0.830. The Morgan fingerprint density at radius 2 is 1.41 bits per heavy atom. The van der Waals surface area contributed by atoms with Gasteiger partial charge in [-0.05, 0) is 56.4 Å². The average molecular weight is 291 g/mol. The van der Waals surface area contributed by atoms with Gasteiger partial charge in [-0.3, -0.25) is 0 Å². The quantitative estimate of drug-likeness (QED) is 0.753. The van der Waals surface area contributed by atoms with E-state index in [1.165, 1.54) is 30.4 Å². The first-order valence-electron chi connectivity index (χ1n) is 7.88. The molecule has 3 rings (SSSR count). The fourth-order valence-electron chi connectivity index (χ4n) is 2.83. The molecule has 1 aliphatic heterocycles. The molecule has 0 saturated carbocycles. The predicted octanol–water partition coefficient (Wildman–Crippen LogP) is 3.48. The molecule has 3 nitrogen and oxygen atoms in total. The minimum absolute atomic E-state index is 0.830. The molecule has 3 heteroatoms. The summed E-state index contributed by atoms with van der Waals surface area (Å²) in [5.41, 5.74) is 4.37. The Labute approximate surface area is 132 Å². The molecule has 0 bridgehead atoms. The highest BCUT2D eigenvalue weighted by Crippen LogP contribution is 2.15. The maximum Gasteiger partial charge on any atom is 0.225 e. The Balaban J connectivity index is 1.75. The van der Waals surface area contributed by atoms with E-state index in [4.69, 9.17) is 0 Å². The summed E-state index contributed by atoms with van der Waals surface area (Å²) in [5, 5.41) is 0. The molecule has 22 heavy (non-hydrogen) atoms. The summed E-state index contributed by atoms with van der Waals surface area (Å²) in [4.78, 5) is 11.2. The number of benzene rings is 1. The monoisotopic (exact) mass is 291 g/mol. The maximum atomic E-state index is 4.46. The van der Waals surface area contributed by atoms with E-state index in [1.807, 2.05) is 12.4 Å². The number of aryl methyl sites for hydroxylation is 2. The second-order valence-corrected chi connectivity index (χ2v) is 5.95. The highest BCUT2D eigenvalue weighted by molar-refractivity contribution is 5.45. The van der Waals surface area contributed by atoms with Crippen LogP contribution in [0.25, 0.3) is 0 Å². The average Bonchev–Trinajstić information content (AvgIpc) is 2.53. The van der Waals surface area contributed by atoms with E-state index in [0.29, 0.717) is 0 Å². The van der Waals surface area contributed by atoms with Crippen LogP contribution in [0.4, 0.5) is 5.95 Å². The molecule has 0 amide bonds. The molecule has 1 fully saturated rings. The van der Waals surface area contributed by atoms with Crippen LogP contribution in [-0.4, -0.2) is 23.1 Å². The van der Waals surface area contributed by atoms with Gasteiger partial charge >= 0.3 is 0 Å². The van der Waals surface area contributed by atoms with Crippen molar-refractivity contribution in [3.63, 3.8) is 0 Å². The first kappa shape index (κ1) is 14.6. The summed E-state index contributed by atoms with van der Waals surface area (Å²) < 4.78 is 0. The Hall–Kier alpha value is -2.34. The van der Waals surface area contributed by atoms with Crippen LogP contribution in [0, 0.1) is 25.7 Å². The summed E-state index contributed by atoms with van der Waals surface area (Å²) in [5.74, 6) is 7.18. The molecule has 2 heterocycles. The maximum absolute atomic E-state index is 4.46. The fourth-order valence-corrected chi connectivity index (χ4v) is 2.83. The van der Waals surface area contributed by atoms with Crippen LogP contribution in [-0.2, 0) is 0 Å². The summed E-state index contributed by atoms with van der Waals surface area (Å²) in [6, 6.07) is 6.35. The van der Waals surface area contributed by atoms with Crippen molar-refractivity contribution < 1.29 is 0 Å². The van der Waals surface area contributed by atoms with E-state index in [-0.39, 0.29) is 0 Å². The fraction of sp³-hybridized carbons (Fsp3) is 0.368. The van der Waals surface area contributed by atoms with E-state index in [2.05, 4.69) is 58.8 Å². The molecule has 1 aliphatic rings. The van der Waals surface area contributed by atoms with Gasteiger partial charge in [0.2, 0.25) is 5.95 Å². The number of hydrogen-bond acceptors (Lipinski definition) is 3. The van der Waals surface area contributed by atoms with Crippen molar-refractivity contribution in [2.24, 2.45) is 0 Å². The highest BCUT2D eigenvalue weighted by Gasteiger charge is 2.12. The number of nitrogens with zero attached hydrogens (tertiary/aromatic N) is 3.